The van der Waals surface area contributed by atoms with Crippen molar-refractivity contribution in [1.82, 2.24) is 4.98 Å². The SMILES string of the molecule is Nc1c(C(=O)Nc2ccc(Br)cn2)cccc1C(F)(F)F. The second-order valence-corrected chi connectivity index (χ2v) is 5.00. The van der Waals surface area contributed by atoms with E-state index in [-0.39, 0.29) is 11.4 Å². The molecule has 0 radical (unpaired) electrons. The van der Waals surface area contributed by atoms with E-state index in [1.165, 1.54) is 18.3 Å². The summed E-state index contributed by atoms with van der Waals surface area (Å²) in [6.45, 7) is 0. The van der Waals surface area contributed by atoms with Crippen molar-refractivity contribution in [2.75, 3.05) is 11.1 Å². The van der Waals surface area contributed by atoms with E-state index < -0.39 is 23.3 Å². The fourth-order valence-corrected chi connectivity index (χ4v) is 1.88. The number of alkyl halides is 3. The Kier molecular flexibility index (Phi) is 4.17. The number of anilines is 2. The van der Waals surface area contributed by atoms with Gasteiger partial charge < -0.3 is 11.1 Å². The highest BCUT2D eigenvalue weighted by Gasteiger charge is 2.34. The Morgan fingerprint density at radius 2 is 1.95 bits per heavy atom. The molecule has 0 atom stereocenters. The van der Waals surface area contributed by atoms with Gasteiger partial charge in [-0.25, -0.2) is 4.98 Å². The van der Waals surface area contributed by atoms with Crippen LogP contribution in [-0.2, 0) is 6.18 Å². The molecule has 0 unspecified atom stereocenters. The smallest absolute Gasteiger partial charge is 0.398 e. The zero-order chi connectivity index (χ0) is 15.6. The number of amides is 1. The van der Waals surface area contributed by atoms with Crippen LogP contribution >= 0.6 is 15.9 Å². The highest BCUT2D eigenvalue weighted by atomic mass is 79.9. The summed E-state index contributed by atoms with van der Waals surface area (Å²) < 4.78 is 38.9. The zero-order valence-electron chi connectivity index (χ0n) is 10.4. The molecule has 1 aromatic carbocycles. The maximum atomic E-state index is 12.7. The number of carbonyl (C=O) groups excluding carboxylic acids is 1. The van der Waals surface area contributed by atoms with Crippen molar-refractivity contribution in [3.63, 3.8) is 0 Å². The average molecular weight is 360 g/mol. The third-order valence-electron chi connectivity index (χ3n) is 2.63. The minimum atomic E-state index is -4.61. The maximum Gasteiger partial charge on any atom is 0.418 e. The molecule has 2 aromatic rings. The van der Waals surface area contributed by atoms with E-state index in [2.05, 4.69) is 26.2 Å². The molecule has 1 amide bonds. The maximum absolute atomic E-state index is 12.7. The number of nitrogens with one attached hydrogen (secondary N) is 1. The number of rotatable bonds is 2. The van der Waals surface area contributed by atoms with Gasteiger partial charge in [-0.15, -0.1) is 0 Å². The van der Waals surface area contributed by atoms with Gasteiger partial charge in [0.1, 0.15) is 5.82 Å². The highest BCUT2D eigenvalue weighted by molar-refractivity contribution is 9.10. The molecule has 1 aromatic heterocycles. The number of nitrogens with zero attached hydrogens (tertiary/aromatic N) is 1. The summed E-state index contributed by atoms with van der Waals surface area (Å²) in [5, 5.41) is 2.39. The van der Waals surface area contributed by atoms with Gasteiger partial charge in [-0.1, -0.05) is 6.07 Å². The van der Waals surface area contributed by atoms with Crippen LogP contribution in [0.3, 0.4) is 0 Å². The van der Waals surface area contributed by atoms with Crippen LogP contribution in [-0.4, -0.2) is 10.9 Å². The molecular formula is C13H9BrF3N3O. The lowest BCUT2D eigenvalue weighted by molar-refractivity contribution is -0.136. The van der Waals surface area contributed by atoms with Crippen molar-refractivity contribution in [3.05, 3.63) is 52.1 Å². The summed E-state index contributed by atoms with van der Waals surface area (Å²) in [6, 6.07) is 6.32. The number of hydrogen-bond acceptors (Lipinski definition) is 3. The van der Waals surface area contributed by atoms with E-state index in [1.807, 2.05) is 0 Å². The minimum Gasteiger partial charge on any atom is -0.398 e. The predicted molar refractivity (Wildman–Crippen MR) is 75.7 cm³/mol. The van der Waals surface area contributed by atoms with E-state index in [1.54, 1.807) is 6.07 Å². The van der Waals surface area contributed by atoms with Gasteiger partial charge >= 0.3 is 6.18 Å². The van der Waals surface area contributed by atoms with E-state index in [0.29, 0.717) is 4.47 Å². The molecule has 0 saturated carbocycles. The molecule has 4 nitrogen and oxygen atoms in total. The van der Waals surface area contributed by atoms with Crippen molar-refractivity contribution in [1.29, 1.82) is 0 Å². The van der Waals surface area contributed by atoms with Gasteiger partial charge in [-0.2, -0.15) is 13.2 Å². The Morgan fingerprint density at radius 3 is 2.52 bits per heavy atom. The summed E-state index contributed by atoms with van der Waals surface area (Å²) in [5.41, 5.74) is 3.53. The van der Waals surface area contributed by atoms with Crippen LogP contribution in [0.15, 0.2) is 41.0 Å². The van der Waals surface area contributed by atoms with Crippen molar-refractivity contribution in [3.8, 4) is 0 Å². The van der Waals surface area contributed by atoms with Gasteiger partial charge in [0.25, 0.3) is 5.91 Å². The van der Waals surface area contributed by atoms with Crippen molar-refractivity contribution >= 4 is 33.3 Å². The lowest BCUT2D eigenvalue weighted by atomic mass is 10.1. The molecule has 0 fully saturated rings. The molecule has 0 aliphatic rings. The van der Waals surface area contributed by atoms with E-state index in [9.17, 15) is 18.0 Å². The lowest BCUT2D eigenvalue weighted by Gasteiger charge is -2.13. The number of halogens is 4. The molecule has 8 heteroatoms. The van der Waals surface area contributed by atoms with Crippen LogP contribution in [0.4, 0.5) is 24.7 Å². The number of nitrogen functional groups attached to an aromatic ring is 1. The average Bonchev–Trinajstić information content (AvgIpc) is 2.40. The van der Waals surface area contributed by atoms with Crippen LogP contribution < -0.4 is 11.1 Å². The number of pyridine rings is 1. The van der Waals surface area contributed by atoms with Crippen LogP contribution in [0, 0.1) is 0 Å². The summed E-state index contributed by atoms with van der Waals surface area (Å²) in [7, 11) is 0. The summed E-state index contributed by atoms with van der Waals surface area (Å²) in [4.78, 5) is 15.9. The van der Waals surface area contributed by atoms with Crippen molar-refractivity contribution in [2.24, 2.45) is 0 Å². The largest absolute Gasteiger partial charge is 0.418 e. The Bertz CT molecular complexity index is 671. The van der Waals surface area contributed by atoms with Gasteiger partial charge in [0.05, 0.1) is 16.8 Å². The minimum absolute atomic E-state index is 0.208. The van der Waals surface area contributed by atoms with Crippen LogP contribution in [0.5, 0.6) is 0 Å². The Hall–Kier alpha value is -2.09. The number of aromatic nitrogens is 1. The second kappa shape index (κ2) is 5.72. The van der Waals surface area contributed by atoms with Gasteiger partial charge in [0.2, 0.25) is 0 Å². The quantitative estimate of drug-likeness (QED) is 0.803. The molecule has 110 valence electrons. The van der Waals surface area contributed by atoms with E-state index in [4.69, 9.17) is 5.73 Å². The fourth-order valence-electron chi connectivity index (χ4n) is 1.64. The van der Waals surface area contributed by atoms with Crippen LogP contribution in [0.25, 0.3) is 0 Å². The predicted octanol–water partition coefficient (Wildman–Crippen LogP) is 3.70. The zero-order valence-corrected chi connectivity index (χ0v) is 12.0. The Balaban J connectivity index is 2.30. The molecule has 0 aliphatic heterocycles. The number of hydrogen-bond donors (Lipinski definition) is 2. The van der Waals surface area contributed by atoms with Gasteiger partial charge in [-0.05, 0) is 40.2 Å². The molecule has 0 aliphatic carbocycles. The first kappa shape index (κ1) is 15.3. The number of nitrogens with two attached hydrogens (primary N) is 1. The summed E-state index contributed by atoms with van der Waals surface area (Å²) in [6.07, 6.45) is -3.17. The molecule has 0 bridgehead atoms. The summed E-state index contributed by atoms with van der Waals surface area (Å²) in [5.74, 6) is -0.548. The molecule has 0 spiro atoms. The highest BCUT2D eigenvalue weighted by Crippen LogP contribution is 2.35. The number of carbonyl (C=O) groups is 1. The summed E-state index contributed by atoms with van der Waals surface area (Å²) >= 11 is 3.18. The molecule has 1 heterocycles. The molecule has 21 heavy (non-hydrogen) atoms. The lowest BCUT2D eigenvalue weighted by Crippen LogP contribution is -2.18. The number of benzene rings is 1. The third kappa shape index (κ3) is 3.52. The van der Waals surface area contributed by atoms with Gasteiger partial charge in [0, 0.05) is 10.7 Å². The first-order valence-corrected chi connectivity index (χ1v) is 6.47. The van der Waals surface area contributed by atoms with E-state index >= 15 is 0 Å². The molecule has 2 rings (SSSR count). The first-order valence-electron chi connectivity index (χ1n) is 5.67. The standard InChI is InChI=1S/C13H9BrF3N3O/c14-7-4-5-10(19-6-7)20-12(21)8-2-1-3-9(11(8)18)13(15,16)17/h1-6H,18H2,(H,19,20,21). The van der Waals surface area contributed by atoms with Gasteiger partial charge in [0.15, 0.2) is 0 Å². The topological polar surface area (TPSA) is 68.0 Å². The van der Waals surface area contributed by atoms with Crippen LogP contribution in [0.1, 0.15) is 15.9 Å². The van der Waals surface area contributed by atoms with Crippen LogP contribution in [0.2, 0.25) is 0 Å². The Labute approximate surface area is 126 Å². The number of para-hydroxylation sites is 1. The van der Waals surface area contributed by atoms with Gasteiger partial charge in [-0.3, -0.25) is 4.79 Å². The molecule has 0 saturated heterocycles. The van der Waals surface area contributed by atoms with Crippen molar-refractivity contribution in [2.45, 2.75) is 6.18 Å². The third-order valence-corrected chi connectivity index (χ3v) is 3.09. The monoisotopic (exact) mass is 359 g/mol. The fraction of sp³-hybridized carbons (Fsp3) is 0.0769. The normalized spacial score (nSPS) is 11.2. The first-order chi connectivity index (χ1) is 9.79. The van der Waals surface area contributed by atoms with Crippen molar-refractivity contribution < 1.29 is 18.0 Å². The van der Waals surface area contributed by atoms with E-state index in [0.717, 1.165) is 12.1 Å². The Morgan fingerprint density at radius 1 is 1.24 bits per heavy atom. The molecular weight excluding hydrogens is 351 g/mol. The molecule has 3 N–H and O–H groups in total. The second-order valence-electron chi connectivity index (χ2n) is 4.08.